The van der Waals surface area contributed by atoms with E-state index in [1.807, 2.05) is 0 Å². The molecule has 1 unspecified atom stereocenters. The molecule has 1 aliphatic heterocycles. The predicted molar refractivity (Wildman–Crippen MR) is 77.5 cm³/mol. The highest BCUT2D eigenvalue weighted by molar-refractivity contribution is 7.93. The lowest BCUT2D eigenvalue weighted by Crippen LogP contribution is -2.40. The van der Waals surface area contributed by atoms with Gasteiger partial charge in [0, 0.05) is 18.9 Å². The van der Waals surface area contributed by atoms with Crippen LogP contribution in [0.5, 0.6) is 0 Å². The summed E-state index contributed by atoms with van der Waals surface area (Å²) in [5, 5.41) is 4.03. The molecule has 0 amide bonds. The Hall–Kier alpha value is -1.74. The molecule has 1 atom stereocenters. The average Bonchev–Trinajstić information content (AvgIpc) is 2.97. The molecule has 0 fully saturated rings. The minimum atomic E-state index is -3.70. The van der Waals surface area contributed by atoms with Gasteiger partial charge >= 0.3 is 0 Å². The molecule has 7 nitrogen and oxygen atoms in total. The number of hydroxylamine groups is 1. The summed E-state index contributed by atoms with van der Waals surface area (Å²) in [5.41, 5.74) is 3.68. The molecule has 110 valence electrons. The van der Waals surface area contributed by atoms with E-state index in [0.29, 0.717) is 10.7 Å². The Morgan fingerprint density at radius 3 is 2.86 bits per heavy atom. The third kappa shape index (κ3) is 2.84. The average molecular weight is 327 g/mol. The van der Waals surface area contributed by atoms with E-state index in [4.69, 9.17) is 16.5 Å². The summed E-state index contributed by atoms with van der Waals surface area (Å²) in [5.74, 6) is 0. The lowest BCUT2D eigenvalue weighted by atomic mass is 10.1. The zero-order valence-corrected chi connectivity index (χ0v) is 12.2. The molecule has 3 rings (SSSR count). The molecule has 2 N–H and O–H groups in total. The molecular weight excluding hydrogens is 316 g/mol. The Labute approximate surface area is 126 Å². The number of rotatable bonds is 4. The highest BCUT2D eigenvalue weighted by Crippen LogP contribution is 2.26. The molecule has 9 heteroatoms. The Balaban J connectivity index is 1.81. The van der Waals surface area contributed by atoms with Crippen LogP contribution in [0.15, 0.2) is 51.8 Å². The molecule has 1 aliphatic carbocycles. The van der Waals surface area contributed by atoms with Gasteiger partial charge in [0.2, 0.25) is 10.0 Å². The number of pyridine rings is 1. The van der Waals surface area contributed by atoms with Gasteiger partial charge < -0.3 is 0 Å². The topological polar surface area (TPSA) is 92.7 Å². The molecule has 2 aliphatic rings. The Bertz CT molecular complexity index is 743. The fourth-order valence-electron chi connectivity index (χ4n) is 1.96. The van der Waals surface area contributed by atoms with Crippen molar-refractivity contribution in [2.75, 3.05) is 0 Å². The van der Waals surface area contributed by atoms with Gasteiger partial charge in [0.25, 0.3) is 0 Å². The van der Waals surface area contributed by atoms with Crippen molar-refractivity contribution < 1.29 is 13.4 Å². The fraction of sp³-hybridized carbons (Fsp3) is 0.167. The molecule has 1 aromatic heterocycles. The Kier molecular flexibility index (Phi) is 3.77. The maximum Gasteiger partial charge on any atom is 0.239 e. The van der Waals surface area contributed by atoms with Crippen LogP contribution in [0.2, 0.25) is 0 Å². The van der Waals surface area contributed by atoms with Crippen LogP contribution >= 0.6 is 11.6 Å². The second kappa shape index (κ2) is 5.57. The molecule has 21 heavy (non-hydrogen) atoms. The first-order valence-electron chi connectivity index (χ1n) is 6.04. The number of nitrogens with zero attached hydrogens (tertiary/aromatic N) is 2. The SMILES string of the molecule is O=S(=O)(NCc1ccncc1)C1=CC=C(Cl)C2=NONC12. The van der Waals surface area contributed by atoms with Crippen molar-refractivity contribution in [2.45, 2.75) is 12.6 Å². The molecule has 0 saturated heterocycles. The van der Waals surface area contributed by atoms with E-state index in [-0.39, 0.29) is 11.4 Å². The van der Waals surface area contributed by atoms with Crippen molar-refractivity contribution in [3.63, 3.8) is 0 Å². The summed E-state index contributed by atoms with van der Waals surface area (Å²) >= 11 is 5.95. The van der Waals surface area contributed by atoms with Gasteiger partial charge in [-0.1, -0.05) is 16.8 Å². The number of oxime groups is 1. The number of fused-ring (bicyclic) bond motifs is 1. The molecule has 1 aromatic rings. The van der Waals surface area contributed by atoms with Gasteiger partial charge in [0.05, 0.1) is 9.94 Å². The minimum Gasteiger partial charge on any atom is -0.298 e. The number of hydrogen-bond acceptors (Lipinski definition) is 6. The molecule has 0 bridgehead atoms. The maximum atomic E-state index is 12.4. The molecule has 2 heterocycles. The number of sulfonamides is 1. The van der Waals surface area contributed by atoms with Crippen LogP contribution in [0.4, 0.5) is 0 Å². The summed E-state index contributed by atoms with van der Waals surface area (Å²) < 4.78 is 27.3. The summed E-state index contributed by atoms with van der Waals surface area (Å²) in [4.78, 5) is 8.71. The summed E-state index contributed by atoms with van der Waals surface area (Å²) in [6, 6.07) is 2.77. The van der Waals surface area contributed by atoms with Crippen molar-refractivity contribution in [2.24, 2.45) is 5.16 Å². The standard InChI is InChI=1S/C12H11ClN4O3S/c13-9-1-2-10(12-11(9)16-20-17-12)21(18,19)15-7-8-3-5-14-6-4-8/h1-6,12,15,17H,7H2. The number of allylic oxidation sites excluding steroid dienone is 2. The zero-order valence-electron chi connectivity index (χ0n) is 10.7. The lowest BCUT2D eigenvalue weighted by molar-refractivity contribution is 0.0664. The first-order chi connectivity index (χ1) is 10.1. The van der Waals surface area contributed by atoms with Crippen LogP contribution in [-0.2, 0) is 21.5 Å². The van der Waals surface area contributed by atoms with Crippen LogP contribution in [0.3, 0.4) is 0 Å². The van der Waals surface area contributed by atoms with Crippen LogP contribution in [0.25, 0.3) is 0 Å². The van der Waals surface area contributed by atoms with Gasteiger partial charge in [-0.05, 0) is 29.8 Å². The first-order valence-corrected chi connectivity index (χ1v) is 7.90. The van der Waals surface area contributed by atoms with Crippen LogP contribution in [0.1, 0.15) is 5.56 Å². The van der Waals surface area contributed by atoms with Crippen molar-refractivity contribution >= 4 is 27.3 Å². The van der Waals surface area contributed by atoms with E-state index < -0.39 is 16.1 Å². The van der Waals surface area contributed by atoms with Gasteiger partial charge in [-0.3, -0.25) is 9.92 Å². The van der Waals surface area contributed by atoms with E-state index in [0.717, 1.165) is 5.56 Å². The van der Waals surface area contributed by atoms with Crippen LogP contribution in [0, 0.1) is 0 Å². The van der Waals surface area contributed by atoms with Gasteiger partial charge in [-0.15, -0.1) is 5.48 Å². The zero-order chi connectivity index (χ0) is 14.9. The number of hydrogen-bond donors (Lipinski definition) is 2. The van der Waals surface area contributed by atoms with E-state index >= 15 is 0 Å². The maximum absolute atomic E-state index is 12.4. The van der Waals surface area contributed by atoms with E-state index in [2.05, 4.69) is 20.3 Å². The molecular formula is C12H11ClN4O3S. The van der Waals surface area contributed by atoms with Gasteiger partial charge in [0.1, 0.15) is 11.8 Å². The smallest absolute Gasteiger partial charge is 0.239 e. The number of nitrogens with one attached hydrogen (secondary N) is 2. The number of halogens is 1. The monoisotopic (exact) mass is 326 g/mol. The quantitative estimate of drug-likeness (QED) is 0.853. The molecule has 0 saturated carbocycles. The second-order valence-corrected chi connectivity index (χ2v) is 6.56. The number of aromatic nitrogens is 1. The third-order valence-corrected chi connectivity index (χ3v) is 4.87. The molecule has 0 aromatic carbocycles. The molecule has 0 radical (unpaired) electrons. The molecule has 0 spiro atoms. The van der Waals surface area contributed by atoms with E-state index in [1.165, 1.54) is 12.2 Å². The van der Waals surface area contributed by atoms with Crippen LogP contribution < -0.4 is 10.2 Å². The van der Waals surface area contributed by atoms with Gasteiger partial charge in [-0.2, -0.15) is 0 Å². The largest absolute Gasteiger partial charge is 0.298 e. The summed E-state index contributed by atoms with van der Waals surface area (Å²) in [6.07, 6.45) is 6.11. The third-order valence-electron chi connectivity index (χ3n) is 3.04. The normalized spacial score (nSPS) is 21.0. The highest BCUT2D eigenvalue weighted by Gasteiger charge is 2.37. The summed E-state index contributed by atoms with van der Waals surface area (Å²) in [6.45, 7) is 0.166. The minimum absolute atomic E-state index is 0.109. The van der Waals surface area contributed by atoms with Crippen molar-refractivity contribution in [3.8, 4) is 0 Å². The van der Waals surface area contributed by atoms with E-state index in [9.17, 15) is 8.42 Å². The first kappa shape index (κ1) is 14.2. The van der Waals surface area contributed by atoms with Crippen molar-refractivity contribution in [3.05, 3.63) is 52.2 Å². The Morgan fingerprint density at radius 2 is 2.10 bits per heavy atom. The lowest BCUT2D eigenvalue weighted by Gasteiger charge is -2.18. The van der Waals surface area contributed by atoms with Crippen molar-refractivity contribution in [1.82, 2.24) is 15.2 Å². The second-order valence-electron chi connectivity index (χ2n) is 4.38. The highest BCUT2D eigenvalue weighted by atomic mass is 35.5. The fourth-order valence-corrected chi connectivity index (χ4v) is 3.40. The van der Waals surface area contributed by atoms with E-state index in [1.54, 1.807) is 24.5 Å². The Morgan fingerprint density at radius 1 is 1.33 bits per heavy atom. The van der Waals surface area contributed by atoms with Crippen molar-refractivity contribution in [1.29, 1.82) is 0 Å². The summed E-state index contributed by atoms with van der Waals surface area (Å²) in [7, 11) is -3.70. The van der Waals surface area contributed by atoms with Gasteiger partial charge in [-0.25, -0.2) is 13.1 Å². The van der Waals surface area contributed by atoms with Gasteiger partial charge in [0.15, 0.2) is 0 Å². The predicted octanol–water partition coefficient (Wildman–Crippen LogP) is 0.781. The van der Waals surface area contributed by atoms with Crippen LogP contribution in [-0.4, -0.2) is 25.2 Å².